The van der Waals surface area contributed by atoms with E-state index >= 15 is 0 Å². The number of benzene rings is 2. The first kappa shape index (κ1) is 30.5. The smallest absolute Gasteiger partial charge is 0.309 e. The molecule has 6 rings (SSSR count). The summed E-state index contributed by atoms with van der Waals surface area (Å²) >= 11 is 0. The molecule has 10 nitrogen and oxygen atoms in total. The van der Waals surface area contributed by atoms with Crippen LogP contribution < -0.4 is 19.7 Å². The van der Waals surface area contributed by atoms with E-state index < -0.39 is 11.8 Å². The zero-order chi connectivity index (χ0) is 32.2. The fourth-order valence-corrected chi connectivity index (χ4v) is 5.53. The molecular formula is C36H35N5O5. The van der Waals surface area contributed by atoms with Gasteiger partial charge in [0.2, 0.25) is 5.91 Å². The van der Waals surface area contributed by atoms with Crippen LogP contribution in [-0.4, -0.2) is 48.2 Å². The Morgan fingerprint density at radius 3 is 2.11 bits per heavy atom. The van der Waals surface area contributed by atoms with E-state index in [2.05, 4.69) is 20.2 Å². The summed E-state index contributed by atoms with van der Waals surface area (Å²) < 4.78 is 15.6. The molecular weight excluding hydrogens is 582 g/mol. The van der Waals surface area contributed by atoms with Crippen molar-refractivity contribution in [3.63, 3.8) is 0 Å². The molecule has 2 atom stereocenters. The number of hydrogen-bond donors (Lipinski definition) is 1. The minimum absolute atomic E-state index is 0.250. The molecule has 46 heavy (non-hydrogen) atoms. The lowest BCUT2D eigenvalue weighted by Gasteiger charge is -2.26. The third-order valence-electron chi connectivity index (χ3n) is 8.26. The molecule has 234 valence electrons. The molecule has 0 radical (unpaired) electrons. The molecule has 1 fully saturated rings. The first-order valence-corrected chi connectivity index (χ1v) is 15.0. The lowest BCUT2D eigenvalue weighted by Crippen LogP contribution is -2.24. The number of ether oxygens (including phenoxy) is 3. The third kappa shape index (κ3) is 6.61. The minimum atomic E-state index is -0.420. The number of nitrogens with one attached hydrogen (secondary N) is 1. The fourth-order valence-electron chi connectivity index (χ4n) is 5.53. The van der Waals surface area contributed by atoms with E-state index in [9.17, 15) is 9.59 Å². The van der Waals surface area contributed by atoms with Crippen LogP contribution in [0.4, 0.5) is 11.6 Å². The summed E-state index contributed by atoms with van der Waals surface area (Å²) in [7, 11) is 4.64. The fraction of sp³-hybridized carbons (Fsp3) is 0.250. The molecule has 3 aromatic heterocycles. The monoisotopic (exact) mass is 617 g/mol. The Balaban J connectivity index is 1.43. The van der Waals surface area contributed by atoms with Crippen molar-refractivity contribution >= 4 is 34.3 Å². The molecule has 0 unspecified atom stereocenters. The summed E-state index contributed by atoms with van der Waals surface area (Å²) in [5.41, 5.74) is 4.84. The SMILES string of the molecule is COC(=O)[C@@H]1C[C@@H]1C(=O)Nc1cc2cc(-c3cnccc3C)nc(N(Cc3ccc(OC)cc3)Cc3ccc(OC)cc3)c2cn1. The summed E-state index contributed by atoms with van der Waals surface area (Å²) in [6, 6.07) is 21.8. The number of rotatable bonds is 11. The zero-order valence-electron chi connectivity index (χ0n) is 26.2. The van der Waals surface area contributed by atoms with Gasteiger partial charge in [-0.1, -0.05) is 24.3 Å². The average Bonchev–Trinajstić information content (AvgIpc) is 3.89. The van der Waals surface area contributed by atoms with E-state index in [0.717, 1.165) is 56.0 Å². The quantitative estimate of drug-likeness (QED) is 0.179. The highest BCUT2D eigenvalue weighted by atomic mass is 16.5. The number of hydrogen-bond acceptors (Lipinski definition) is 9. The number of anilines is 2. The molecule has 1 aliphatic rings. The van der Waals surface area contributed by atoms with E-state index in [-0.39, 0.29) is 11.9 Å². The molecule has 0 bridgehead atoms. The van der Waals surface area contributed by atoms with Crippen molar-refractivity contribution in [1.82, 2.24) is 15.0 Å². The third-order valence-corrected chi connectivity index (χ3v) is 8.26. The maximum absolute atomic E-state index is 12.9. The van der Waals surface area contributed by atoms with Gasteiger partial charge in [0, 0.05) is 42.6 Å². The Labute approximate surface area is 267 Å². The largest absolute Gasteiger partial charge is 0.497 e. The lowest BCUT2D eigenvalue weighted by molar-refractivity contribution is -0.143. The second-order valence-corrected chi connectivity index (χ2v) is 11.3. The number of pyridine rings is 3. The Bertz CT molecular complexity index is 1830. The van der Waals surface area contributed by atoms with Gasteiger partial charge in [-0.2, -0.15) is 0 Å². The number of amides is 1. The number of aryl methyl sites for hydroxylation is 1. The van der Waals surface area contributed by atoms with Gasteiger partial charge in [0.1, 0.15) is 23.1 Å². The predicted molar refractivity (Wildman–Crippen MR) is 176 cm³/mol. The summed E-state index contributed by atoms with van der Waals surface area (Å²) in [4.78, 5) is 41.3. The maximum atomic E-state index is 12.9. The first-order chi connectivity index (χ1) is 22.4. The van der Waals surface area contributed by atoms with Gasteiger partial charge in [-0.3, -0.25) is 14.6 Å². The summed E-state index contributed by atoms with van der Waals surface area (Å²) in [5, 5.41) is 4.57. The van der Waals surface area contributed by atoms with Crippen LogP contribution in [-0.2, 0) is 27.4 Å². The van der Waals surface area contributed by atoms with Crippen LogP contribution in [0.25, 0.3) is 22.0 Å². The molecule has 0 aliphatic heterocycles. The van der Waals surface area contributed by atoms with Gasteiger partial charge in [-0.25, -0.2) is 9.97 Å². The molecule has 0 saturated heterocycles. The topological polar surface area (TPSA) is 116 Å². The van der Waals surface area contributed by atoms with Crippen LogP contribution in [0.2, 0.25) is 0 Å². The minimum Gasteiger partial charge on any atom is -0.497 e. The van der Waals surface area contributed by atoms with E-state index in [4.69, 9.17) is 19.2 Å². The molecule has 1 aliphatic carbocycles. The average molecular weight is 618 g/mol. The van der Waals surface area contributed by atoms with Gasteiger partial charge in [-0.15, -0.1) is 0 Å². The van der Waals surface area contributed by atoms with Crippen LogP contribution in [0.5, 0.6) is 11.5 Å². The molecule has 3 heterocycles. The van der Waals surface area contributed by atoms with Crippen LogP contribution in [0.1, 0.15) is 23.1 Å². The Hall–Kier alpha value is -5.51. The van der Waals surface area contributed by atoms with Gasteiger partial charge in [0.15, 0.2) is 0 Å². The van der Waals surface area contributed by atoms with E-state index in [1.807, 2.05) is 79.9 Å². The normalized spacial score (nSPS) is 15.2. The number of carbonyl (C=O) groups excluding carboxylic acids is 2. The number of nitrogens with zero attached hydrogens (tertiary/aromatic N) is 4. The standard InChI is InChI=1S/C36H35N5O5/c1-22-13-14-37-18-30(22)32-15-25-16-33(40-35(42)28-17-29(28)36(43)46-4)38-19-31(25)34(39-32)41(20-23-5-9-26(44-2)10-6-23)21-24-7-11-27(45-3)12-8-24/h5-16,18-19,28-29H,17,20-21H2,1-4H3,(H,38,40,42)/t28-,29+/m0/s1. The van der Waals surface area contributed by atoms with Crippen molar-refractivity contribution in [2.75, 3.05) is 31.5 Å². The molecule has 0 spiro atoms. The van der Waals surface area contributed by atoms with Crippen LogP contribution >= 0.6 is 0 Å². The van der Waals surface area contributed by atoms with Gasteiger partial charge in [0.05, 0.1) is 38.9 Å². The number of esters is 1. The number of methoxy groups -OCH3 is 3. The van der Waals surface area contributed by atoms with Gasteiger partial charge < -0.3 is 24.4 Å². The van der Waals surface area contributed by atoms with Crippen LogP contribution in [0.3, 0.4) is 0 Å². The van der Waals surface area contributed by atoms with Crippen molar-refractivity contribution in [3.05, 3.63) is 102 Å². The van der Waals surface area contributed by atoms with E-state index in [1.54, 1.807) is 26.6 Å². The highest BCUT2D eigenvalue weighted by molar-refractivity contribution is 6.01. The number of fused-ring (bicyclic) bond motifs is 1. The second kappa shape index (κ2) is 13.2. The van der Waals surface area contributed by atoms with Crippen molar-refractivity contribution < 1.29 is 23.8 Å². The molecule has 10 heteroatoms. The second-order valence-electron chi connectivity index (χ2n) is 11.3. The van der Waals surface area contributed by atoms with Crippen molar-refractivity contribution in [3.8, 4) is 22.8 Å². The van der Waals surface area contributed by atoms with Crippen molar-refractivity contribution in [2.45, 2.75) is 26.4 Å². The van der Waals surface area contributed by atoms with E-state index in [1.165, 1.54) is 7.11 Å². The van der Waals surface area contributed by atoms with Gasteiger partial charge in [-0.05, 0) is 77.9 Å². The molecule has 1 saturated carbocycles. The lowest BCUT2D eigenvalue weighted by atomic mass is 10.0. The highest BCUT2D eigenvalue weighted by Gasteiger charge is 2.49. The highest BCUT2D eigenvalue weighted by Crippen LogP contribution is 2.40. The van der Waals surface area contributed by atoms with Crippen LogP contribution in [0, 0.1) is 18.8 Å². The van der Waals surface area contributed by atoms with Gasteiger partial charge in [0.25, 0.3) is 0 Å². The molecule has 1 N–H and O–H groups in total. The summed E-state index contributed by atoms with van der Waals surface area (Å²) in [6.07, 6.45) is 5.79. The number of aromatic nitrogens is 3. The summed E-state index contributed by atoms with van der Waals surface area (Å²) in [6.45, 7) is 3.14. The predicted octanol–water partition coefficient (Wildman–Crippen LogP) is 5.97. The maximum Gasteiger partial charge on any atom is 0.309 e. The van der Waals surface area contributed by atoms with E-state index in [0.29, 0.717) is 25.3 Å². The summed E-state index contributed by atoms with van der Waals surface area (Å²) in [5.74, 6) is 1.25. The Morgan fingerprint density at radius 2 is 1.52 bits per heavy atom. The molecule has 2 aromatic carbocycles. The first-order valence-electron chi connectivity index (χ1n) is 15.0. The van der Waals surface area contributed by atoms with Crippen LogP contribution in [0.15, 0.2) is 85.3 Å². The van der Waals surface area contributed by atoms with Crippen molar-refractivity contribution in [2.24, 2.45) is 11.8 Å². The van der Waals surface area contributed by atoms with Gasteiger partial charge >= 0.3 is 5.97 Å². The zero-order valence-corrected chi connectivity index (χ0v) is 26.2. The molecule has 5 aromatic rings. The molecule has 1 amide bonds. The Morgan fingerprint density at radius 1 is 0.870 bits per heavy atom. The van der Waals surface area contributed by atoms with Crippen molar-refractivity contribution in [1.29, 1.82) is 0 Å². The Kier molecular flexibility index (Phi) is 8.78. The number of carbonyl (C=O) groups is 2.